The van der Waals surface area contributed by atoms with Gasteiger partial charge in [-0.25, -0.2) is 8.42 Å². The molecule has 2 aromatic carbocycles. The predicted octanol–water partition coefficient (Wildman–Crippen LogP) is 2.57. The molecule has 3 rings (SSSR count). The molecule has 0 radical (unpaired) electrons. The number of unbranched alkanes of at least 4 members (excludes halogenated alkanes) is 1. The number of anilines is 1. The van der Waals surface area contributed by atoms with Gasteiger partial charge in [-0.05, 0) is 43.2 Å². The second kappa shape index (κ2) is 12.7. The first-order valence-corrected chi connectivity index (χ1v) is 14.1. The lowest BCUT2D eigenvalue weighted by molar-refractivity contribution is -0.139. The van der Waals surface area contributed by atoms with E-state index in [9.17, 15) is 18.0 Å². The molecule has 10 nitrogen and oxygen atoms in total. The summed E-state index contributed by atoms with van der Waals surface area (Å²) in [7, 11) is -2.31. The molecule has 1 atom stereocenters. The summed E-state index contributed by atoms with van der Waals surface area (Å²) in [6.45, 7) is 4.49. The number of fused-ring (bicyclic) bond motifs is 1. The summed E-state index contributed by atoms with van der Waals surface area (Å²) < 4.78 is 42.9. The minimum absolute atomic E-state index is 0.0944. The van der Waals surface area contributed by atoms with Crippen LogP contribution in [0.1, 0.15) is 32.3 Å². The minimum Gasteiger partial charge on any atom is -0.497 e. The molecule has 2 aromatic rings. The molecule has 2 amide bonds. The Kier molecular flexibility index (Phi) is 9.62. The van der Waals surface area contributed by atoms with E-state index in [0.717, 1.165) is 29.0 Å². The lowest BCUT2D eigenvalue weighted by Crippen LogP contribution is -2.51. The van der Waals surface area contributed by atoms with Crippen molar-refractivity contribution < 1.29 is 32.2 Å². The monoisotopic (exact) mass is 533 g/mol. The standard InChI is InChI=1S/C26H35N3O7S/c1-5-6-12-27-26(31)19(2)28(17-20-8-7-9-22(15-20)34-3)25(30)18-29(37(4,32)33)21-10-11-23-24(16-21)36-14-13-35-23/h7-11,15-16,19H,5-6,12-14,17-18H2,1-4H3,(H,27,31). The van der Waals surface area contributed by atoms with Gasteiger partial charge in [0.1, 0.15) is 31.5 Å². The number of ether oxygens (including phenoxy) is 3. The molecular weight excluding hydrogens is 498 g/mol. The molecule has 37 heavy (non-hydrogen) atoms. The van der Waals surface area contributed by atoms with Gasteiger partial charge in [0.15, 0.2) is 11.5 Å². The molecule has 1 N–H and O–H groups in total. The normalized spacial score (nSPS) is 13.4. The van der Waals surface area contributed by atoms with Crippen molar-refractivity contribution in [2.45, 2.75) is 39.3 Å². The number of nitrogens with zero attached hydrogens (tertiary/aromatic N) is 2. The zero-order valence-corrected chi connectivity index (χ0v) is 22.5. The lowest BCUT2D eigenvalue weighted by Gasteiger charge is -2.32. The van der Waals surface area contributed by atoms with Crippen molar-refractivity contribution in [3.63, 3.8) is 0 Å². The van der Waals surface area contributed by atoms with Gasteiger partial charge in [0.05, 0.1) is 19.1 Å². The van der Waals surface area contributed by atoms with Crippen molar-refractivity contribution in [1.29, 1.82) is 0 Å². The third-order valence-corrected chi connectivity index (χ3v) is 7.12. The molecule has 0 spiro atoms. The van der Waals surface area contributed by atoms with Crippen LogP contribution in [0.5, 0.6) is 17.2 Å². The highest BCUT2D eigenvalue weighted by Crippen LogP contribution is 2.34. The number of carbonyl (C=O) groups is 2. The number of rotatable bonds is 12. The van der Waals surface area contributed by atoms with E-state index in [1.165, 1.54) is 11.0 Å². The SMILES string of the molecule is CCCCNC(=O)C(C)N(Cc1cccc(OC)c1)C(=O)CN(c1ccc2c(c1)OCCO2)S(C)(=O)=O. The van der Waals surface area contributed by atoms with E-state index in [1.807, 2.05) is 13.0 Å². The number of nitrogens with one attached hydrogen (secondary N) is 1. The highest BCUT2D eigenvalue weighted by Gasteiger charge is 2.30. The van der Waals surface area contributed by atoms with E-state index in [0.29, 0.717) is 37.0 Å². The van der Waals surface area contributed by atoms with Crippen molar-refractivity contribution in [2.75, 3.05) is 44.0 Å². The fourth-order valence-corrected chi connectivity index (χ4v) is 4.73. The Balaban J connectivity index is 1.90. The fraction of sp³-hybridized carbons (Fsp3) is 0.462. The second-order valence-electron chi connectivity index (χ2n) is 8.79. The number of hydrogen-bond acceptors (Lipinski definition) is 7. The Labute approximate surface area is 218 Å². The molecule has 0 saturated carbocycles. The summed E-state index contributed by atoms with van der Waals surface area (Å²) in [5.41, 5.74) is 1.01. The smallest absolute Gasteiger partial charge is 0.244 e. The highest BCUT2D eigenvalue weighted by atomic mass is 32.2. The quantitative estimate of drug-likeness (QED) is 0.417. The van der Waals surface area contributed by atoms with E-state index in [2.05, 4.69) is 5.32 Å². The van der Waals surface area contributed by atoms with Crippen LogP contribution in [0.15, 0.2) is 42.5 Å². The van der Waals surface area contributed by atoms with Gasteiger partial charge in [-0.3, -0.25) is 13.9 Å². The molecule has 1 aliphatic heterocycles. The maximum atomic E-state index is 13.6. The summed E-state index contributed by atoms with van der Waals surface area (Å²) in [6.07, 6.45) is 2.76. The Hall–Kier alpha value is -3.47. The first kappa shape index (κ1) is 28.1. The Morgan fingerprint density at radius 1 is 1.11 bits per heavy atom. The van der Waals surface area contributed by atoms with Gasteiger partial charge in [-0.2, -0.15) is 0 Å². The van der Waals surface area contributed by atoms with Gasteiger partial charge in [0.25, 0.3) is 0 Å². The molecule has 202 valence electrons. The molecule has 0 aliphatic carbocycles. The molecule has 1 aliphatic rings. The Morgan fingerprint density at radius 2 is 1.84 bits per heavy atom. The van der Waals surface area contributed by atoms with E-state index in [1.54, 1.807) is 44.4 Å². The van der Waals surface area contributed by atoms with Crippen LogP contribution in [0, 0.1) is 0 Å². The van der Waals surface area contributed by atoms with Crippen molar-refractivity contribution in [1.82, 2.24) is 10.2 Å². The number of amides is 2. The average Bonchev–Trinajstić information content (AvgIpc) is 2.89. The first-order chi connectivity index (χ1) is 17.6. The van der Waals surface area contributed by atoms with Crippen LogP contribution >= 0.6 is 0 Å². The molecule has 0 saturated heterocycles. The summed E-state index contributed by atoms with van der Waals surface area (Å²) >= 11 is 0. The number of benzene rings is 2. The molecule has 0 aromatic heterocycles. The van der Waals surface area contributed by atoms with Gasteiger partial charge in [0.2, 0.25) is 21.8 Å². The van der Waals surface area contributed by atoms with Crippen molar-refractivity contribution in [3.8, 4) is 17.2 Å². The molecule has 1 unspecified atom stereocenters. The second-order valence-corrected chi connectivity index (χ2v) is 10.7. The largest absolute Gasteiger partial charge is 0.497 e. The van der Waals surface area contributed by atoms with E-state index < -0.39 is 28.5 Å². The summed E-state index contributed by atoms with van der Waals surface area (Å²) in [6, 6.07) is 11.0. The summed E-state index contributed by atoms with van der Waals surface area (Å²) in [4.78, 5) is 27.9. The summed E-state index contributed by atoms with van der Waals surface area (Å²) in [5.74, 6) is 0.684. The number of hydrogen-bond donors (Lipinski definition) is 1. The van der Waals surface area contributed by atoms with Gasteiger partial charge >= 0.3 is 0 Å². The van der Waals surface area contributed by atoms with Gasteiger partial charge < -0.3 is 24.4 Å². The van der Waals surface area contributed by atoms with Crippen molar-refractivity contribution in [3.05, 3.63) is 48.0 Å². The number of sulfonamides is 1. The molecule has 0 bridgehead atoms. The first-order valence-electron chi connectivity index (χ1n) is 12.2. The zero-order chi connectivity index (χ0) is 27.0. The van der Waals surface area contributed by atoms with Crippen LogP contribution < -0.4 is 23.8 Å². The van der Waals surface area contributed by atoms with E-state index >= 15 is 0 Å². The van der Waals surface area contributed by atoms with Crippen LogP contribution in [-0.4, -0.2) is 70.8 Å². The van der Waals surface area contributed by atoms with Crippen molar-refractivity contribution in [2.24, 2.45) is 0 Å². The molecule has 11 heteroatoms. The molecule has 0 fully saturated rings. The van der Waals surface area contributed by atoms with Gasteiger partial charge in [-0.1, -0.05) is 25.5 Å². The van der Waals surface area contributed by atoms with Gasteiger partial charge in [0, 0.05) is 19.2 Å². The topological polar surface area (TPSA) is 114 Å². The lowest BCUT2D eigenvalue weighted by atomic mass is 10.1. The fourth-order valence-electron chi connectivity index (χ4n) is 3.89. The third-order valence-electron chi connectivity index (χ3n) is 5.98. The maximum Gasteiger partial charge on any atom is 0.244 e. The van der Waals surface area contributed by atoms with Crippen LogP contribution in [0.3, 0.4) is 0 Å². The van der Waals surface area contributed by atoms with Crippen LogP contribution in [0.4, 0.5) is 5.69 Å². The van der Waals surface area contributed by atoms with Crippen molar-refractivity contribution >= 4 is 27.5 Å². The zero-order valence-electron chi connectivity index (χ0n) is 21.7. The van der Waals surface area contributed by atoms with Crippen LogP contribution in [-0.2, 0) is 26.2 Å². The summed E-state index contributed by atoms with van der Waals surface area (Å²) in [5, 5.41) is 2.86. The predicted molar refractivity (Wildman–Crippen MR) is 141 cm³/mol. The van der Waals surface area contributed by atoms with E-state index in [4.69, 9.17) is 14.2 Å². The number of carbonyl (C=O) groups excluding carboxylic acids is 2. The van der Waals surface area contributed by atoms with Crippen LogP contribution in [0.25, 0.3) is 0 Å². The van der Waals surface area contributed by atoms with Crippen LogP contribution in [0.2, 0.25) is 0 Å². The maximum absolute atomic E-state index is 13.6. The van der Waals surface area contributed by atoms with E-state index in [-0.39, 0.29) is 18.1 Å². The Morgan fingerprint density at radius 3 is 2.51 bits per heavy atom. The molecule has 1 heterocycles. The highest BCUT2D eigenvalue weighted by molar-refractivity contribution is 7.92. The molecular formula is C26H35N3O7S. The number of methoxy groups -OCH3 is 1. The Bertz CT molecular complexity index is 1200. The minimum atomic E-state index is -3.85. The van der Waals surface area contributed by atoms with Gasteiger partial charge in [-0.15, -0.1) is 0 Å². The average molecular weight is 534 g/mol. The third kappa shape index (κ3) is 7.51.